The van der Waals surface area contributed by atoms with E-state index in [-0.39, 0.29) is 5.91 Å². The Hall–Kier alpha value is -3.32. The Kier molecular flexibility index (Phi) is 4.21. The molecule has 0 aliphatic heterocycles. The van der Waals surface area contributed by atoms with Crippen molar-refractivity contribution in [2.75, 3.05) is 11.1 Å². The minimum absolute atomic E-state index is 0.0632. The zero-order valence-electron chi connectivity index (χ0n) is 14.8. The number of anilines is 1. The highest BCUT2D eigenvalue weighted by Gasteiger charge is 2.24. The van der Waals surface area contributed by atoms with Crippen LogP contribution in [0.3, 0.4) is 0 Å². The van der Waals surface area contributed by atoms with Gasteiger partial charge >= 0.3 is 0 Å². The molecule has 4 aromatic rings. The molecule has 0 atom stereocenters. The number of fused-ring (bicyclic) bond motifs is 3. The van der Waals surface area contributed by atoms with Crippen molar-refractivity contribution >= 4 is 34.1 Å². The van der Waals surface area contributed by atoms with Crippen LogP contribution in [0.4, 0.5) is 5.69 Å². The summed E-state index contributed by atoms with van der Waals surface area (Å²) >= 11 is 1.43. The molecule has 28 heavy (non-hydrogen) atoms. The van der Waals surface area contributed by atoms with Gasteiger partial charge in [0.15, 0.2) is 0 Å². The number of rotatable bonds is 5. The number of nitrogens with one attached hydrogen (secondary N) is 1. The smallest absolute Gasteiger partial charge is 0.225 e. The average Bonchev–Trinajstić information content (AvgIpc) is 3.04. The van der Waals surface area contributed by atoms with Gasteiger partial charge in [-0.3, -0.25) is 9.78 Å². The lowest BCUT2D eigenvalue weighted by Gasteiger charge is -2.05. The molecule has 0 spiro atoms. The molecule has 0 saturated carbocycles. The summed E-state index contributed by atoms with van der Waals surface area (Å²) in [6, 6.07) is 16.0. The van der Waals surface area contributed by atoms with Crippen molar-refractivity contribution in [2.45, 2.75) is 11.6 Å². The van der Waals surface area contributed by atoms with Crippen LogP contribution < -0.4 is 5.32 Å². The lowest BCUT2D eigenvalue weighted by atomic mass is 10.0. The highest BCUT2D eigenvalue weighted by molar-refractivity contribution is 7.99. The summed E-state index contributed by atoms with van der Waals surface area (Å²) in [5, 5.41) is 14.4. The predicted molar refractivity (Wildman–Crippen MR) is 110 cm³/mol. The molecular formula is C21H15N5OS. The first-order valence-corrected chi connectivity index (χ1v) is 9.88. The Morgan fingerprint density at radius 1 is 0.964 bits per heavy atom. The summed E-state index contributed by atoms with van der Waals surface area (Å²) in [5.74, 6) is 0.510. The van der Waals surface area contributed by atoms with E-state index in [0.29, 0.717) is 23.0 Å². The average molecular weight is 385 g/mol. The van der Waals surface area contributed by atoms with Gasteiger partial charge in [-0.2, -0.15) is 0 Å². The number of pyridine rings is 1. The molecule has 0 saturated heterocycles. The maximum absolute atomic E-state index is 12.1. The van der Waals surface area contributed by atoms with Crippen molar-refractivity contribution in [1.29, 1.82) is 0 Å². The van der Waals surface area contributed by atoms with Crippen molar-refractivity contribution in [3.63, 3.8) is 0 Å². The second-order valence-electron chi connectivity index (χ2n) is 6.39. The fourth-order valence-corrected chi connectivity index (χ4v) is 4.10. The minimum atomic E-state index is -0.0632. The third-order valence-corrected chi connectivity index (χ3v) is 5.43. The molecule has 7 heteroatoms. The summed E-state index contributed by atoms with van der Waals surface area (Å²) in [6.07, 6.45) is 3.65. The third kappa shape index (κ3) is 2.99. The van der Waals surface area contributed by atoms with Gasteiger partial charge in [-0.15, -0.1) is 10.2 Å². The number of carbonyl (C=O) groups is 1. The molecule has 0 unspecified atom stereocenters. The predicted octanol–water partition coefficient (Wildman–Crippen LogP) is 4.19. The molecule has 0 fully saturated rings. The minimum Gasteiger partial charge on any atom is -0.325 e. The number of hydrogen-bond donors (Lipinski definition) is 1. The number of aromatic nitrogens is 4. The number of hydrogen-bond acceptors (Lipinski definition) is 6. The van der Waals surface area contributed by atoms with E-state index in [1.807, 2.05) is 18.2 Å². The standard InChI is InChI=1S/C21H15N5OS/c27-17(23-14-6-3-10-22-12-14)9-11-28-21-24-19-15-7-1-4-13-5-2-8-16(18(13)15)20(19)25-26-21/h1-8,10,12H,9,11H2,(H,23,27). The molecule has 0 radical (unpaired) electrons. The Bertz CT molecular complexity index is 1190. The molecule has 1 aliphatic carbocycles. The van der Waals surface area contributed by atoms with Gasteiger partial charge in [-0.25, -0.2) is 4.98 Å². The molecule has 2 heterocycles. The molecule has 2 aromatic heterocycles. The summed E-state index contributed by atoms with van der Waals surface area (Å²) in [4.78, 5) is 20.8. The number of benzene rings is 2. The van der Waals surface area contributed by atoms with Crippen LogP contribution in [0.1, 0.15) is 6.42 Å². The van der Waals surface area contributed by atoms with E-state index in [1.54, 1.807) is 18.5 Å². The third-order valence-electron chi connectivity index (χ3n) is 4.59. The maximum atomic E-state index is 12.1. The highest BCUT2D eigenvalue weighted by atomic mass is 32.2. The first-order chi connectivity index (χ1) is 13.8. The van der Waals surface area contributed by atoms with Crippen LogP contribution in [-0.4, -0.2) is 31.8 Å². The molecule has 2 aromatic carbocycles. The Morgan fingerprint density at radius 3 is 2.57 bits per heavy atom. The zero-order valence-corrected chi connectivity index (χ0v) is 15.6. The quantitative estimate of drug-likeness (QED) is 0.457. The molecule has 1 N–H and O–H groups in total. The van der Waals surface area contributed by atoms with E-state index in [4.69, 9.17) is 4.98 Å². The van der Waals surface area contributed by atoms with Gasteiger partial charge < -0.3 is 5.32 Å². The van der Waals surface area contributed by atoms with E-state index < -0.39 is 0 Å². The van der Waals surface area contributed by atoms with Crippen molar-refractivity contribution in [3.8, 4) is 22.5 Å². The Morgan fingerprint density at radius 2 is 1.79 bits per heavy atom. The van der Waals surface area contributed by atoms with Crippen molar-refractivity contribution in [2.24, 2.45) is 0 Å². The Labute approximate surface area is 165 Å². The first-order valence-electron chi connectivity index (χ1n) is 8.89. The summed E-state index contributed by atoms with van der Waals surface area (Å²) < 4.78 is 0. The van der Waals surface area contributed by atoms with Gasteiger partial charge in [-0.05, 0) is 17.5 Å². The van der Waals surface area contributed by atoms with Gasteiger partial charge in [0.25, 0.3) is 0 Å². The van der Waals surface area contributed by atoms with Crippen LogP contribution in [-0.2, 0) is 4.79 Å². The summed E-state index contributed by atoms with van der Waals surface area (Å²) in [5.41, 5.74) is 4.55. The molecule has 5 rings (SSSR count). The number of amides is 1. The van der Waals surface area contributed by atoms with Crippen molar-refractivity contribution in [1.82, 2.24) is 20.2 Å². The molecule has 136 valence electrons. The normalized spacial score (nSPS) is 11.4. The summed E-state index contributed by atoms with van der Waals surface area (Å²) in [7, 11) is 0. The SMILES string of the molecule is O=C(CCSc1nnc2c(n1)-c1cccc3cccc-2c13)Nc1cccnc1. The van der Waals surface area contributed by atoms with Gasteiger partial charge in [0.05, 0.1) is 11.9 Å². The first kappa shape index (κ1) is 16.8. The molecule has 1 aliphatic rings. The fourth-order valence-electron chi connectivity index (χ4n) is 3.37. The van der Waals surface area contributed by atoms with E-state index in [9.17, 15) is 4.79 Å². The topological polar surface area (TPSA) is 80.7 Å². The van der Waals surface area contributed by atoms with Gasteiger partial charge in [0, 0.05) is 34.9 Å². The Balaban J connectivity index is 1.30. The van der Waals surface area contributed by atoms with Crippen LogP contribution in [0.15, 0.2) is 66.1 Å². The molecule has 6 nitrogen and oxygen atoms in total. The van der Waals surface area contributed by atoms with Crippen LogP contribution in [0.2, 0.25) is 0 Å². The highest BCUT2D eigenvalue weighted by Crippen LogP contribution is 2.44. The van der Waals surface area contributed by atoms with Crippen molar-refractivity contribution < 1.29 is 4.79 Å². The second-order valence-corrected chi connectivity index (χ2v) is 7.45. The lowest BCUT2D eigenvalue weighted by molar-refractivity contribution is -0.115. The molecular weight excluding hydrogens is 370 g/mol. The number of thioether (sulfide) groups is 1. The number of carbonyl (C=O) groups excluding carboxylic acids is 1. The summed E-state index contributed by atoms with van der Waals surface area (Å²) in [6.45, 7) is 0. The molecule has 0 bridgehead atoms. The van der Waals surface area contributed by atoms with Crippen LogP contribution in [0.5, 0.6) is 0 Å². The van der Waals surface area contributed by atoms with E-state index >= 15 is 0 Å². The van der Waals surface area contributed by atoms with Crippen LogP contribution in [0, 0.1) is 0 Å². The second kappa shape index (κ2) is 7.01. The van der Waals surface area contributed by atoms with E-state index in [2.05, 4.69) is 44.8 Å². The van der Waals surface area contributed by atoms with Crippen LogP contribution >= 0.6 is 11.8 Å². The number of nitrogens with zero attached hydrogens (tertiary/aromatic N) is 4. The van der Waals surface area contributed by atoms with E-state index in [1.165, 1.54) is 22.5 Å². The maximum Gasteiger partial charge on any atom is 0.225 e. The fraction of sp³-hybridized carbons (Fsp3) is 0.0952. The van der Waals surface area contributed by atoms with Gasteiger partial charge in [0.1, 0.15) is 11.4 Å². The lowest BCUT2D eigenvalue weighted by Crippen LogP contribution is -2.12. The van der Waals surface area contributed by atoms with Crippen LogP contribution in [0.25, 0.3) is 33.3 Å². The van der Waals surface area contributed by atoms with Gasteiger partial charge in [0.2, 0.25) is 11.1 Å². The molecule has 1 amide bonds. The van der Waals surface area contributed by atoms with E-state index in [0.717, 1.165) is 22.5 Å². The largest absolute Gasteiger partial charge is 0.325 e. The zero-order chi connectivity index (χ0) is 18.9. The monoisotopic (exact) mass is 385 g/mol. The van der Waals surface area contributed by atoms with Gasteiger partial charge in [-0.1, -0.05) is 48.2 Å². The van der Waals surface area contributed by atoms with Crippen molar-refractivity contribution in [3.05, 3.63) is 60.9 Å².